The minimum absolute atomic E-state index is 0.0836. The van der Waals surface area contributed by atoms with E-state index in [1.807, 2.05) is 43.3 Å². The number of benzene rings is 1. The van der Waals surface area contributed by atoms with Crippen LogP contribution in [0.25, 0.3) is 22.0 Å². The quantitative estimate of drug-likeness (QED) is 0.511. The Hall–Kier alpha value is -3.41. The molecule has 6 heteroatoms. The van der Waals surface area contributed by atoms with Gasteiger partial charge >= 0.3 is 0 Å². The minimum Gasteiger partial charge on any atom is -0.496 e. The van der Waals surface area contributed by atoms with E-state index in [9.17, 15) is 4.79 Å². The summed E-state index contributed by atoms with van der Waals surface area (Å²) in [6.45, 7) is 2.29. The van der Waals surface area contributed by atoms with E-state index in [2.05, 4.69) is 10.1 Å². The van der Waals surface area contributed by atoms with Gasteiger partial charge in [-0.3, -0.25) is 9.78 Å². The van der Waals surface area contributed by atoms with Crippen LogP contribution in [0, 0.1) is 6.92 Å². The minimum atomic E-state index is -0.0836. The molecular formula is C23H21N3O3. The molecule has 1 aliphatic carbocycles. The normalized spacial score (nSPS) is 13.7. The molecule has 3 aromatic heterocycles. The fraction of sp³-hybridized carbons (Fsp3) is 0.261. The third-order valence-electron chi connectivity index (χ3n) is 5.48. The average molecular weight is 387 g/mol. The molecule has 0 saturated heterocycles. The number of aryl methyl sites for hydroxylation is 1. The Balaban J connectivity index is 1.84. The van der Waals surface area contributed by atoms with Gasteiger partial charge in [0.05, 0.1) is 41.7 Å². The van der Waals surface area contributed by atoms with Gasteiger partial charge in [-0.2, -0.15) is 0 Å². The first-order valence-corrected chi connectivity index (χ1v) is 9.74. The molecule has 5 rings (SSSR count). The van der Waals surface area contributed by atoms with Crippen LogP contribution < -0.4 is 10.3 Å². The summed E-state index contributed by atoms with van der Waals surface area (Å²) < 4.78 is 13.1. The summed E-state index contributed by atoms with van der Waals surface area (Å²) in [5.41, 5.74) is 4.30. The van der Waals surface area contributed by atoms with E-state index >= 15 is 0 Å². The zero-order valence-electron chi connectivity index (χ0n) is 16.4. The van der Waals surface area contributed by atoms with Crippen LogP contribution in [0.5, 0.6) is 5.75 Å². The Morgan fingerprint density at radius 2 is 1.97 bits per heavy atom. The highest BCUT2D eigenvalue weighted by atomic mass is 16.5. The first-order valence-electron chi connectivity index (χ1n) is 9.74. The first kappa shape index (κ1) is 17.7. The maximum absolute atomic E-state index is 12.9. The molecule has 0 radical (unpaired) electrons. The molecule has 3 heterocycles. The zero-order chi connectivity index (χ0) is 20.0. The van der Waals surface area contributed by atoms with Crippen LogP contribution in [0.1, 0.15) is 35.9 Å². The number of hydrogen-bond acceptors (Lipinski definition) is 5. The van der Waals surface area contributed by atoms with Crippen molar-refractivity contribution in [2.75, 3.05) is 7.11 Å². The maximum atomic E-state index is 12.9. The third kappa shape index (κ3) is 3.01. The smallest absolute Gasteiger partial charge is 0.251 e. The van der Waals surface area contributed by atoms with Crippen LogP contribution in [-0.4, -0.2) is 21.8 Å². The summed E-state index contributed by atoms with van der Waals surface area (Å²) in [5, 5.41) is 5.30. The van der Waals surface area contributed by atoms with Crippen molar-refractivity contribution < 1.29 is 9.26 Å². The largest absolute Gasteiger partial charge is 0.496 e. The van der Waals surface area contributed by atoms with E-state index in [-0.39, 0.29) is 5.56 Å². The highest BCUT2D eigenvalue weighted by molar-refractivity contribution is 5.98. The Bertz CT molecular complexity index is 1250. The lowest BCUT2D eigenvalue weighted by Gasteiger charge is -2.17. The lowest BCUT2D eigenvalue weighted by Crippen LogP contribution is -2.21. The third-order valence-corrected chi connectivity index (χ3v) is 5.48. The van der Waals surface area contributed by atoms with Gasteiger partial charge in [-0.15, -0.1) is 0 Å². The van der Waals surface area contributed by atoms with Gasteiger partial charge in [-0.1, -0.05) is 11.2 Å². The molecule has 146 valence electrons. The fourth-order valence-corrected chi connectivity index (χ4v) is 3.93. The molecule has 1 fully saturated rings. The van der Waals surface area contributed by atoms with Crippen LogP contribution in [0.15, 0.2) is 58.0 Å². The van der Waals surface area contributed by atoms with Gasteiger partial charge in [0.2, 0.25) is 0 Å². The summed E-state index contributed by atoms with van der Waals surface area (Å²) in [7, 11) is 1.65. The zero-order valence-corrected chi connectivity index (χ0v) is 16.4. The summed E-state index contributed by atoms with van der Waals surface area (Å²) >= 11 is 0. The second kappa shape index (κ2) is 6.88. The number of hydrogen-bond donors (Lipinski definition) is 0. The van der Waals surface area contributed by atoms with Crippen molar-refractivity contribution in [3.05, 3.63) is 76.2 Å². The number of fused-ring (bicyclic) bond motifs is 1. The van der Waals surface area contributed by atoms with Gasteiger partial charge in [0.1, 0.15) is 11.5 Å². The molecular weight excluding hydrogens is 366 g/mol. The number of methoxy groups -OCH3 is 1. The SMILES string of the molecule is COc1ccc2ccc(=O)n(Cc3ccccn3)c2c1-c1c(C2CC2)noc1C. The van der Waals surface area contributed by atoms with Crippen LogP contribution >= 0.6 is 0 Å². The summed E-state index contributed by atoms with van der Waals surface area (Å²) in [4.78, 5) is 17.3. The van der Waals surface area contributed by atoms with Crippen molar-refractivity contribution in [1.82, 2.24) is 14.7 Å². The van der Waals surface area contributed by atoms with Crippen LogP contribution in [-0.2, 0) is 6.54 Å². The molecule has 0 N–H and O–H groups in total. The maximum Gasteiger partial charge on any atom is 0.251 e. The van der Waals surface area contributed by atoms with Gasteiger partial charge in [-0.05, 0) is 55.5 Å². The van der Waals surface area contributed by atoms with E-state index in [0.717, 1.165) is 52.0 Å². The fourth-order valence-electron chi connectivity index (χ4n) is 3.93. The van der Waals surface area contributed by atoms with Crippen molar-refractivity contribution in [3.63, 3.8) is 0 Å². The number of pyridine rings is 2. The number of nitrogens with zero attached hydrogens (tertiary/aromatic N) is 3. The van der Waals surface area contributed by atoms with Crippen molar-refractivity contribution >= 4 is 10.9 Å². The molecule has 0 amide bonds. The second-order valence-corrected chi connectivity index (χ2v) is 7.43. The number of ether oxygens (including phenoxy) is 1. The number of rotatable bonds is 5. The Morgan fingerprint density at radius 3 is 2.69 bits per heavy atom. The molecule has 4 aromatic rings. The van der Waals surface area contributed by atoms with Gasteiger partial charge in [0, 0.05) is 18.2 Å². The Labute approximate surface area is 167 Å². The molecule has 0 unspecified atom stereocenters. The standard InChI is InChI=1S/C23H21N3O3/c1-14-20(22(25-29-14)15-6-7-15)21-18(28-2)10-8-16-9-11-19(27)26(23(16)21)13-17-5-3-4-12-24-17/h3-5,8-12,15H,6-7,13H2,1-2H3. The highest BCUT2D eigenvalue weighted by Gasteiger charge is 2.33. The molecule has 29 heavy (non-hydrogen) atoms. The van der Waals surface area contributed by atoms with E-state index < -0.39 is 0 Å². The lowest BCUT2D eigenvalue weighted by molar-refractivity contribution is 0.391. The van der Waals surface area contributed by atoms with Crippen LogP contribution in [0.3, 0.4) is 0 Å². The first-order chi connectivity index (χ1) is 14.2. The lowest BCUT2D eigenvalue weighted by atomic mass is 9.97. The van der Waals surface area contributed by atoms with E-state index in [4.69, 9.17) is 9.26 Å². The van der Waals surface area contributed by atoms with Gasteiger partial charge in [0.25, 0.3) is 5.56 Å². The summed E-state index contributed by atoms with van der Waals surface area (Å²) in [6, 6.07) is 13.1. The van der Waals surface area contributed by atoms with Gasteiger partial charge in [0.15, 0.2) is 0 Å². The summed E-state index contributed by atoms with van der Waals surface area (Å²) in [5.74, 6) is 1.84. The topological polar surface area (TPSA) is 70.2 Å². The molecule has 6 nitrogen and oxygen atoms in total. The molecule has 0 spiro atoms. The monoisotopic (exact) mass is 387 g/mol. The van der Waals surface area contributed by atoms with Crippen molar-refractivity contribution in [2.24, 2.45) is 0 Å². The second-order valence-electron chi connectivity index (χ2n) is 7.43. The predicted molar refractivity (Wildman–Crippen MR) is 110 cm³/mol. The highest BCUT2D eigenvalue weighted by Crippen LogP contribution is 2.48. The molecule has 0 bridgehead atoms. The van der Waals surface area contributed by atoms with E-state index in [1.54, 1.807) is 23.9 Å². The van der Waals surface area contributed by atoms with Crippen molar-refractivity contribution in [3.8, 4) is 16.9 Å². The predicted octanol–water partition coefficient (Wildman–Crippen LogP) is 4.29. The van der Waals surface area contributed by atoms with Gasteiger partial charge in [-0.25, -0.2) is 0 Å². The van der Waals surface area contributed by atoms with Gasteiger partial charge < -0.3 is 13.8 Å². The van der Waals surface area contributed by atoms with Crippen molar-refractivity contribution in [1.29, 1.82) is 0 Å². The average Bonchev–Trinajstić information content (AvgIpc) is 3.52. The number of aromatic nitrogens is 3. The Kier molecular flexibility index (Phi) is 4.19. The molecule has 0 aliphatic heterocycles. The van der Waals surface area contributed by atoms with Crippen LogP contribution in [0.4, 0.5) is 0 Å². The molecule has 1 saturated carbocycles. The molecule has 1 aliphatic rings. The van der Waals surface area contributed by atoms with Crippen LogP contribution in [0.2, 0.25) is 0 Å². The Morgan fingerprint density at radius 1 is 1.14 bits per heavy atom. The molecule has 0 atom stereocenters. The van der Waals surface area contributed by atoms with Crippen molar-refractivity contribution in [2.45, 2.75) is 32.2 Å². The summed E-state index contributed by atoms with van der Waals surface area (Å²) in [6.07, 6.45) is 3.95. The van der Waals surface area contributed by atoms with E-state index in [1.165, 1.54) is 0 Å². The molecule has 1 aromatic carbocycles. The van der Waals surface area contributed by atoms with E-state index in [0.29, 0.717) is 18.2 Å².